The van der Waals surface area contributed by atoms with Gasteiger partial charge in [-0.25, -0.2) is 0 Å². The maximum Gasteiger partial charge on any atom is 0.310 e. The number of carboxylic acid groups (broad SMARTS) is 1. The van der Waals surface area contributed by atoms with Gasteiger partial charge in [0.25, 0.3) is 0 Å². The molecule has 0 unspecified atom stereocenters. The van der Waals surface area contributed by atoms with Gasteiger partial charge < -0.3 is 5.11 Å². The molecule has 0 fully saturated rings. The minimum absolute atomic E-state index is 0.529. The SMILES string of the molecule is CCCCCC1(C(=O)O)Cc2ccccc2C1. The fourth-order valence-corrected chi connectivity index (χ4v) is 2.84. The molecule has 1 aromatic rings. The van der Waals surface area contributed by atoms with Gasteiger partial charge in [-0.05, 0) is 30.4 Å². The lowest BCUT2D eigenvalue weighted by molar-refractivity contribution is -0.149. The van der Waals surface area contributed by atoms with Gasteiger partial charge in [0.1, 0.15) is 0 Å². The standard InChI is InChI=1S/C15H20O2/c1-2-3-6-9-15(14(16)17)10-12-7-4-5-8-13(12)11-15/h4-5,7-8H,2-3,6,9-11H2,1H3,(H,16,17). The van der Waals surface area contributed by atoms with Crippen LogP contribution in [0.15, 0.2) is 24.3 Å². The minimum atomic E-state index is -0.621. The van der Waals surface area contributed by atoms with Crippen LogP contribution in [-0.4, -0.2) is 11.1 Å². The van der Waals surface area contributed by atoms with Crippen molar-refractivity contribution < 1.29 is 9.90 Å². The van der Waals surface area contributed by atoms with E-state index in [1.807, 2.05) is 12.1 Å². The lowest BCUT2D eigenvalue weighted by Gasteiger charge is -2.23. The second-order valence-corrected chi connectivity index (χ2v) is 5.16. The molecule has 0 aromatic heterocycles. The van der Waals surface area contributed by atoms with Crippen LogP contribution in [-0.2, 0) is 17.6 Å². The van der Waals surface area contributed by atoms with Gasteiger partial charge in [0.15, 0.2) is 0 Å². The van der Waals surface area contributed by atoms with Gasteiger partial charge in [-0.3, -0.25) is 4.79 Å². The molecule has 0 aliphatic heterocycles. The van der Waals surface area contributed by atoms with Crippen molar-refractivity contribution in [2.24, 2.45) is 5.41 Å². The van der Waals surface area contributed by atoms with Gasteiger partial charge in [-0.2, -0.15) is 0 Å². The maximum absolute atomic E-state index is 11.6. The highest BCUT2D eigenvalue weighted by atomic mass is 16.4. The summed E-state index contributed by atoms with van der Waals surface area (Å²) in [5, 5.41) is 9.54. The molecule has 92 valence electrons. The van der Waals surface area contributed by atoms with Crippen molar-refractivity contribution in [3.63, 3.8) is 0 Å². The summed E-state index contributed by atoms with van der Waals surface area (Å²) >= 11 is 0. The molecule has 0 heterocycles. The summed E-state index contributed by atoms with van der Waals surface area (Å²) in [5.41, 5.74) is 1.93. The normalized spacial score (nSPS) is 16.8. The van der Waals surface area contributed by atoms with Crippen LogP contribution in [0.1, 0.15) is 43.7 Å². The van der Waals surface area contributed by atoms with Crippen LogP contribution in [0.25, 0.3) is 0 Å². The number of aliphatic carboxylic acids is 1. The topological polar surface area (TPSA) is 37.3 Å². The zero-order valence-electron chi connectivity index (χ0n) is 10.4. The van der Waals surface area contributed by atoms with E-state index in [0.29, 0.717) is 12.8 Å². The number of rotatable bonds is 5. The van der Waals surface area contributed by atoms with Crippen LogP contribution in [0.5, 0.6) is 0 Å². The smallest absolute Gasteiger partial charge is 0.310 e. The third-order valence-electron chi connectivity index (χ3n) is 3.89. The van der Waals surface area contributed by atoms with Gasteiger partial charge in [0, 0.05) is 0 Å². The summed E-state index contributed by atoms with van der Waals surface area (Å²) in [6, 6.07) is 8.14. The maximum atomic E-state index is 11.6. The van der Waals surface area contributed by atoms with Gasteiger partial charge in [-0.1, -0.05) is 50.5 Å². The highest BCUT2D eigenvalue weighted by molar-refractivity contribution is 5.77. The monoisotopic (exact) mass is 232 g/mol. The first-order valence-corrected chi connectivity index (χ1v) is 6.48. The van der Waals surface area contributed by atoms with Gasteiger partial charge in [0.05, 0.1) is 5.41 Å². The van der Waals surface area contributed by atoms with E-state index in [4.69, 9.17) is 0 Å². The van der Waals surface area contributed by atoms with Crippen LogP contribution in [0.2, 0.25) is 0 Å². The third-order valence-corrected chi connectivity index (χ3v) is 3.89. The van der Waals surface area contributed by atoms with E-state index in [9.17, 15) is 9.90 Å². The van der Waals surface area contributed by atoms with E-state index in [1.54, 1.807) is 0 Å². The predicted molar refractivity (Wildman–Crippen MR) is 68.1 cm³/mol. The molecule has 0 spiro atoms. The first kappa shape index (κ1) is 12.2. The Morgan fingerprint density at radius 3 is 2.29 bits per heavy atom. The lowest BCUT2D eigenvalue weighted by atomic mass is 9.80. The number of carbonyl (C=O) groups is 1. The Labute approximate surface area is 103 Å². The molecule has 0 amide bonds. The fraction of sp³-hybridized carbons (Fsp3) is 0.533. The molecule has 0 radical (unpaired) electrons. The van der Waals surface area contributed by atoms with Crippen LogP contribution >= 0.6 is 0 Å². The van der Waals surface area contributed by atoms with Crippen molar-refractivity contribution in [3.8, 4) is 0 Å². The van der Waals surface area contributed by atoms with E-state index in [2.05, 4.69) is 19.1 Å². The van der Waals surface area contributed by atoms with E-state index >= 15 is 0 Å². The molecule has 1 aliphatic carbocycles. The minimum Gasteiger partial charge on any atom is -0.481 e. The molecule has 0 atom stereocenters. The zero-order valence-corrected chi connectivity index (χ0v) is 10.4. The fourth-order valence-electron chi connectivity index (χ4n) is 2.84. The molecule has 0 saturated carbocycles. The van der Waals surface area contributed by atoms with Gasteiger partial charge in [-0.15, -0.1) is 0 Å². The summed E-state index contributed by atoms with van der Waals surface area (Å²) in [7, 11) is 0. The van der Waals surface area contributed by atoms with E-state index in [-0.39, 0.29) is 0 Å². The Morgan fingerprint density at radius 2 is 1.82 bits per heavy atom. The quantitative estimate of drug-likeness (QED) is 0.790. The molecule has 0 bridgehead atoms. The number of benzene rings is 1. The Balaban J connectivity index is 2.14. The molecular formula is C15H20O2. The molecular weight excluding hydrogens is 212 g/mol. The van der Waals surface area contributed by atoms with Crippen molar-refractivity contribution in [3.05, 3.63) is 35.4 Å². The average Bonchev–Trinajstić information content (AvgIpc) is 2.69. The summed E-state index contributed by atoms with van der Waals surface area (Å²) < 4.78 is 0. The van der Waals surface area contributed by atoms with E-state index in [1.165, 1.54) is 11.1 Å². The molecule has 1 aromatic carbocycles. The Hall–Kier alpha value is -1.31. The second kappa shape index (κ2) is 4.91. The summed E-state index contributed by atoms with van der Waals surface area (Å²) in [5.74, 6) is -0.621. The summed E-state index contributed by atoms with van der Waals surface area (Å²) in [6.07, 6.45) is 5.53. The lowest BCUT2D eigenvalue weighted by Crippen LogP contribution is -2.31. The number of hydrogen-bond acceptors (Lipinski definition) is 1. The van der Waals surface area contributed by atoms with Gasteiger partial charge in [0.2, 0.25) is 0 Å². The third kappa shape index (κ3) is 2.36. The molecule has 17 heavy (non-hydrogen) atoms. The molecule has 1 N–H and O–H groups in total. The van der Waals surface area contributed by atoms with E-state index in [0.717, 1.165) is 25.7 Å². The number of carboxylic acids is 1. The first-order valence-electron chi connectivity index (χ1n) is 6.48. The Morgan fingerprint density at radius 1 is 1.24 bits per heavy atom. The zero-order chi connectivity index (χ0) is 12.3. The molecule has 2 rings (SSSR count). The summed E-state index contributed by atoms with van der Waals surface area (Å²) in [4.78, 5) is 11.6. The van der Waals surface area contributed by atoms with Crippen molar-refractivity contribution in [2.75, 3.05) is 0 Å². The first-order chi connectivity index (χ1) is 8.18. The van der Waals surface area contributed by atoms with Gasteiger partial charge >= 0.3 is 5.97 Å². The van der Waals surface area contributed by atoms with Crippen molar-refractivity contribution in [1.29, 1.82) is 0 Å². The van der Waals surface area contributed by atoms with Crippen molar-refractivity contribution in [1.82, 2.24) is 0 Å². The molecule has 2 nitrogen and oxygen atoms in total. The highest BCUT2D eigenvalue weighted by Crippen LogP contribution is 2.41. The van der Waals surface area contributed by atoms with Crippen molar-refractivity contribution >= 4 is 5.97 Å². The number of hydrogen-bond donors (Lipinski definition) is 1. The largest absolute Gasteiger partial charge is 0.481 e. The summed E-state index contributed by atoms with van der Waals surface area (Å²) in [6.45, 7) is 2.15. The van der Waals surface area contributed by atoms with Crippen LogP contribution < -0.4 is 0 Å². The molecule has 2 heteroatoms. The highest BCUT2D eigenvalue weighted by Gasteiger charge is 2.43. The van der Waals surface area contributed by atoms with Crippen LogP contribution in [0, 0.1) is 5.41 Å². The van der Waals surface area contributed by atoms with Crippen LogP contribution in [0.3, 0.4) is 0 Å². The molecule has 1 aliphatic rings. The predicted octanol–water partition coefficient (Wildman–Crippen LogP) is 3.44. The number of unbranched alkanes of at least 4 members (excludes halogenated alkanes) is 2. The van der Waals surface area contributed by atoms with Crippen molar-refractivity contribution in [2.45, 2.75) is 45.4 Å². The average molecular weight is 232 g/mol. The number of fused-ring (bicyclic) bond motifs is 1. The Bertz CT molecular complexity index is 384. The van der Waals surface area contributed by atoms with E-state index < -0.39 is 11.4 Å². The Kier molecular flexibility index (Phi) is 3.51. The van der Waals surface area contributed by atoms with Crippen LogP contribution in [0.4, 0.5) is 0 Å². The second-order valence-electron chi connectivity index (χ2n) is 5.16. The molecule has 0 saturated heterocycles.